The molecule has 1 unspecified atom stereocenters. The van der Waals surface area contributed by atoms with Gasteiger partial charge in [0.2, 0.25) is 10.0 Å². The van der Waals surface area contributed by atoms with E-state index in [0.717, 1.165) is 16.8 Å². The first kappa shape index (κ1) is 16.0. The average molecular weight is 347 g/mol. The minimum atomic E-state index is -3.39. The number of nitrogens with one attached hydrogen (secondary N) is 1. The molecule has 1 N–H and O–H groups in total. The Labute approximate surface area is 140 Å². The topological polar surface area (TPSA) is 62.3 Å². The maximum Gasteiger partial charge on any atom is 0.242 e. The number of pyridine rings is 1. The number of aromatic nitrogens is 1. The van der Waals surface area contributed by atoms with Crippen molar-refractivity contribution in [2.24, 2.45) is 0 Å². The highest BCUT2D eigenvalue weighted by Crippen LogP contribution is 2.37. The Kier molecular flexibility index (Phi) is 4.43. The summed E-state index contributed by atoms with van der Waals surface area (Å²) >= 11 is 1.67. The second-order valence-electron chi connectivity index (χ2n) is 5.29. The summed E-state index contributed by atoms with van der Waals surface area (Å²) in [6.45, 7) is 0. The first-order chi connectivity index (χ1) is 11.0. The summed E-state index contributed by atoms with van der Waals surface area (Å²) in [5.74, 6) is 0. The Morgan fingerprint density at radius 1 is 1.17 bits per heavy atom. The molecule has 23 heavy (non-hydrogen) atoms. The second-order valence-corrected chi connectivity index (χ2v) is 8.42. The van der Waals surface area contributed by atoms with Crippen LogP contribution in [0.4, 0.5) is 0 Å². The molecule has 120 valence electrons. The number of thioether (sulfide) groups is 1. The molecule has 0 aliphatic carbocycles. The van der Waals surface area contributed by atoms with Gasteiger partial charge < -0.3 is 5.32 Å². The Hall–Kier alpha value is -1.83. The summed E-state index contributed by atoms with van der Waals surface area (Å²) < 4.78 is 25.4. The van der Waals surface area contributed by atoms with Gasteiger partial charge in [0.15, 0.2) is 0 Å². The largest absolute Gasteiger partial charge is 0.368 e. The number of benzene rings is 1. The SMILES string of the molecule is CN(C)S(=O)(=O)c1ccc(C2=CSC(c3cccnc3)N2)cc1. The van der Waals surface area contributed by atoms with Crippen LogP contribution in [-0.4, -0.2) is 31.8 Å². The van der Waals surface area contributed by atoms with Crippen LogP contribution < -0.4 is 5.32 Å². The molecule has 1 aromatic heterocycles. The van der Waals surface area contributed by atoms with Gasteiger partial charge in [-0.05, 0) is 29.2 Å². The van der Waals surface area contributed by atoms with Crippen molar-refractivity contribution in [3.05, 3.63) is 65.3 Å². The molecule has 0 amide bonds. The summed E-state index contributed by atoms with van der Waals surface area (Å²) in [5, 5.41) is 5.61. The zero-order chi connectivity index (χ0) is 16.4. The monoisotopic (exact) mass is 347 g/mol. The molecular formula is C16H17N3O2S2. The third-order valence-corrected chi connectivity index (χ3v) is 6.40. The van der Waals surface area contributed by atoms with E-state index in [1.807, 2.05) is 35.9 Å². The van der Waals surface area contributed by atoms with E-state index in [1.54, 1.807) is 30.1 Å². The molecule has 7 heteroatoms. The lowest BCUT2D eigenvalue weighted by atomic mass is 10.1. The molecule has 3 rings (SSSR count). The highest BCUT2D eigenvalue weighted by atomic mass is 32.2. The van der Waals surface area contributed by atoms with Crippen LogP contribution in [0.5, 0.6) is 0 Å². The van der Waals surface area contributed by atoms with Crippen LogP contribution >= 0.6 is 11.8 Å². The zero-order valence-corrected chi connectivity index (χ0v) is 14.4. The molecule has 5 nitrogen and oxygen atoms in total. The van der Waals surface area contributed by atoms with E-state index in [-0.39, 0.29) is 5.37 Å². The van der Waals surface area contributed by atoms with Gasteiger partial charge in [0.25, 0.3) is 0 Å². The fourth-order valence-electron chi connectivity index (χ4n) is 2.21. The first-order valence-electron chi connectivity index (χ1n) is 7.03. The van der Waals surface area contributed by atoms with Gasteiger partial charge in [0, 0.05) is 37.7 Å². The second kappa shape index (κ2) is 6.35. The van der Waals surface area contributed by atoms with Gasteiger partial charge in [-0.15, -0.1) is 11.8 Å². The van der Waals surface area contributed by atoms with Crippen molar-refractivity contribution in [1.29, 1.82) is 0 Å². The molecule has 0 saturated carbocycles. The Morgan fingerprint density at radius 2 is 1.91 bits per heavy atom. The van der Waals surface area contributed by atoms with Crippen LogP contribution in [0.3, 0.4) is 0 Å². The van der Waals surface area contributed by atoms with Crippen molar-refractivity contribution in [2.75, 3.05) is 14.1 Å². The molecule has 0 bridgehead atoms. The maximum atomic E-state index is 12.1. The molecule has 1 aliphatic rings. The normalized spacial score (nSPS) is 17.9. The van der Waals surface area contributed by atoms with Gasteiger partial charge >= 0.3 is 0 Å². The quantitative estimate of drug-likeness (QED) is 0.921. The highest BCUT2D eigenvalue weighted by molar-refractivity contribution is 8.02. The van der Waals surface area contributed by atoms with Crippen molar-refractivity contribution in [3.8, 4) is 0 Å². The molecule has 1 aliphatic heterocycles. The van der Waals surface area contributed by atoms with Crippen LogP contribution in [0.2, 0.25) is 0 Å². The molecular weight excluding hydrogens is 330 g/mol. The van der Waals surface area contributed by atoms with Crippen LogP contribution in [0, 0.1) is 0 Å². The summed E-state index contributed by atoms with van der Waals surface area (Å²) in [6, 6.07) is 10.9. The summed E-state index contributed by atoms with van der Waals surface area (Å²) in [5.41, 5.74) is 3.05. The Bertz CT molecular complexity index is 816. The minimum Gasteiger partial charge on any atom is -0.368 e. The molecule has 0 radical (unpaired) electrons. The molecule has 0 fully saturated rings. The van der Waals surface area contributed by atoms with Gasteiger partial charge in [-0.2, -0.15) is 0 Å². The predicted octanol–water partition coefficient (Wildman–Crippen LogP) is 2.67. The maximum absolute atomic E-state index is 12.1. The fourth-order valence-corrected chi connectivity index (χ4v) is 4.08. The lowest BCUT2D eigenvalue weighted by molar-refractivity contribution is 0.521. The van der Waals surface area contributed by atoms with E-state index in [1.165, 1.54) is 18.4 Å². The summed E-state index contributed by atoms with van der Waals surface area (Å²) in [4.78, 5) is 4.43. The van der Waals surface area contributed by atoms with Gasteiger partial charge in [-0.1, -0.05) is 18.2 Å². The van der Waals surface area contributed by atoms with Crippen molar-refractivity contribution >= 4 is 27.5 Å². The number of hydrogen-bond acceptors (Lipinski definition) is 5. The predicted molar refractivity (Wildman–Crippen MR) is 93.0 cm³/mol. The minimum absolute atomic E-state index is 0.129. The molecule has 0 saturated heterocycles. The van der Waals surface area contributed by atoms with Crippen LogP contribution in [-0.2, 0) is 10.0 Å². The van der Waals surface area contributed by atoms with E-state index >= 15 is 0 Å². The highest BCUT2D eigenvalue weighted by Gasteiger charge is 2.21. The lowest BCUT2D eigenvalue weighted by Crippen LogP contribution is -2.22. The third kappa shape index (κ3) is 3.26. The van der Waals surface area contributed by atoms with Crippen molar-refractivity contribution in [1.82, 2.24) is 14.6 Å². The van der Waals surface area contributed by atoms with Gasteiger partial charge in [0.1, 0.15) is 5.37 Å². The van der Waals surface area contributed by atoms with Gasteiger partial charge in [-0.25, -0.2) is 12.7 Å². The van der Waals surface area contributed by atoms with Gasteiger partial charge in [0.05, 0.1) is 4.90 Å². The van der Waals surface area contributed by atoms with E-state index in [9.17, 15) is 8.42 Å². The molecule has 2 heterocycles. The Balaban J connectivity index is 1.77. The van der Waals surface area contributed by atoms with E-state index in [0.29, 0.717) is 4.90 Å². The zero-order valence-electron chi connectivity index (χ0n) is 12.8. The fraction of sp³-hybridized carbons (Fsp3) is 0.188. The van der Waals surface area contributed by atoms with Crippen molar-refractivity contribution < 1.29 is 8.42 Å². The van der Waals surface area contributed by atoms with Crippen LogP contribution in [0.25, 0.3) is 5.70 Å². The number of rotatable bonds is 4. The third-order valence-electron chi connectivity index (χ3n) is 3.54. The number of hydrogen-bond donors (Lipinski definition) is 1. The molecule has 1 atom stereocenters. The van der Waals surface area contributed by atoms with Crippen LogP contribution in [0.15, 0.2) is 59.1 Å². The van der Waals surface area contributed by atoms with E-state index < -0.39 is 10.0 Å². The molecule has 1 aromatic carbocycles. The number of nitrogens with zero attached hydrogens (tertiary/aromatic N) is 2. The van der Waals surface area contributed by atoms with Crippen LogP contribution in [0.1, 0.15) is 16.5 Å². The van der Waals surface area contributed by atoms with Gasteiger partial charge in [-0.3, -0.25) is 4.98 Å². The lowest BCUT2D eigenvalue weighted by Gasteiger charge is -2.14. The smallest absolute Gasteiger partial charge is 0.242 e. The van der Waals surface area contributed by atoms with Crippen molar-refractivity contribution in [3.63, 3.8) is 0 Å². The van der Waals surface area contributed by atoms with E-state index in [4.69, 9.17) is 0 Å². The Morgan fingerprint density at radius 3 is 2.52 bits per heavy atom. The summed E-state index contributed by atoms with van der Waals surface area (Å²) in [7, 11) is -0.337. The first-order valence-corrected chi connectivity index (χ1v) is 9.42. The molecule has 2 aromatic rings. The summed E-state index contributed by atoms with van der Waals surface area (Å²) in [6.07, 6.45) is 3.59. The van der Waals surface area contributed by atoms with Crippen molar-refractivity contribution in [2.45, 2.75) is 10.3 Å². The number of sulfonamides is 1. The standard InChI is InChI=1S/C16H17N3O2S2/c1-19(2)23(20,21)14-7-5-12(6-8-14)15-11-22-16(18-15)13-4-3-9-17-10-13/h3-11,16,18H,1-2H3. The molecule has 0 spiro atoms. The van der Waals surface area contributed by atoms with E-state index in [2.05, 4.69) is 10.3 Å². The average Bonchev–Trinajstić information content (AvgIpc) is 3.05.